The molecule has 0 radical (unpaired) electrons. The highest BCUT2D eigenvalue weighted by molar-refractivity contribution is 6.01. The van der Waals surface area contributed by atoms with Crippen LogP contribution in [0.4, 0.5) is 5.69 Å². The fraction of sp³-hybridized carbons (Fsp3) is 0.200. The maximum absolute atomic E-state index is 11.5. The molecule has 7 heteroatoms. The van der Waals surface area contributed by atoms with Crippen molar-refractivity contribution in [1.29, 1.82) is 0 Å². The third kappa shape index (κ3) is 1.61. The van der Waals surface area contributed by atoms with Gasteiger partial charge in [-0.25, -0.2) is 9.78 Å². The lowest BCUT2D eigenvalue weighted by Crippen LogP contribution is -2.07. The molecule has 2 aromatic rings. The zero-order chi connectivity index (χ0) is 12.6. The molecule has 0 spiro atoms. The number of aryl methyl sites for hydroxylation is 1. The Morgan fingerprint density at radius 2 is 2.24 bits per heavy atom. The predicted octanol–water partition coefficient (Wildman–Crippen LogP) is 1.27. The summed E-state index contributed by atoms with van der Waals surface area (Å²) < 4.78 is 6.02. The van der Waals surface area contributed by atoms with Crippen LogP contribution in [0.25, 0.3) is 11.0 Å². The molecule has 0 fully saturated rings. The highest BCUT2D eigenvalue weighted by Gasteiger charge is 2.26. The van der Waals surface area contributed by atoms with E-state index < -0.39 is 10.9 Å². The molecule has 0 N–H and O–H groups in total. The number of fused-ring (bicyclic) bond motifs is 1. The average Bonchev–Trinajstić information content (AvgIpc) is 2.69. The Balaban J connectivity index is 2.85. The molecule has 2 rings (SSSR count). The molecule has 0 amide bonds. The second-order valence-electron chi connectivity index (χ2n) is 3.43. The highest BCUT2D eigenvalue weighted by Crippen LogP contribution is 2.29. The molecule has 0 aliphatic heterocycles. The molecule has 0 saturated heterocycles. The van der Waals surface area contributed by atoms with Gasteiger partial charge in [0.1, 0.15) is 11.1 Å². The molecule has 0 unspecified atom stereocenters. The van der Waals surface area contributed by atoms with E-state index >= 15 is 0 Å². The van der Waals surface area contributed by atoms with Gasteiger partial charge in [0.2, 0.25) is 0 Å². The summed E-state index contributed by atoms with van der Waals surface area (Å²) in [6.07, 6.45) is 1.46. The van der Waals surface area contributed by atoms with Crippen molar-refractivity contribution >= 4 is 22.7 Å². The molecule has 0 bridgehead atoms. The number of nitro groups is 1. The number of aromatic nitrogens is 2. The van der Waals surface area contributed by atoms with Gasteiger partial charge in [-0.1, -0.05) is 0 Å². The molecule has 17 heavy (non-hydrogen) atoms. The maximum atomic E-state index is 11.5. The van der Waals surface area contributed by atoms with Gasteiger partial charge in [-0.05, 0) is 12.1 Å². The van der Waals surface area contributed by atoms with Crippen molar-refractivity contribution in [3.8, 4) is 0 Å². The van der Waals surface area contributed by atoms with E-state index in [0.717, 1.165) is 0 Å². The van der Waals surface area contributed by atoms with Crippen LogP contribution < -0.4 is 0 Å². The Kier molecular flexibility index (Phi) is 2.51. The van der Waals surface area contributed by atoms with Crippen molar-refractivity contribution in [2.24, 2.45) is 7.05 Å². The van der Waals surface area contributed by atoms with Crippen LogP contribution in [0.5, 0.6) is 0 Å². The van der Waals surface area contributed by atoms with Gasteiger partial charge in [0.15, 0.2) is 0 Å². The van der Waals surface area contributed by atoms with Crippen LogP contribution in [-0.2, 0) is 11.8 Å². The second kappa shape index (κ2) is 3.85. The van der Waals surface area contributed by atoms with E-state index in [0.29, 0.717) is 11.0 Å². The van der Waals surface area contributed by atoms with Crippen molar-refractivity contribution in [1.82, 2.24) is 9.55 Å². The number of esters is 1. The molecule has 1 aromatic heterocycles. The third-order valence-corrected chi connectivity index (χ3v) is 2.44. The molecule has 0 saturated carbocycles. The van der Waals surface area contributed by atoms with Crippen LogP contribution in [-0.4, -0.2) is 27.6 Å². The van der Waals surface area contributed by atoms with Gasteiger partial charge < -0.3 is 9.30 Å². The lowest BCUT2D eigenvalue weighted by Gasteiger charge is -2.03. The summed E-state index contributed by atoms with van der Waals surface area (Å²) in [6, 6.07) is 2.90. The van der Waals surface area contributed by atoms with Gasteiger partial charge in [-0.2, -0.15) is 0 Å². The Morgan fingerprint density at radius 1 is 1.53 bits per heavy atom. The summed E-state index contributed by atoms with van der Waals surface area (Å²) in [6.45, 7) is 0. The molecular weight excluding hydrogens is 226 g/mol. The van der Waals surface area contributed by atoms with Gasteiger partial charge in [-0.15, -0.1) is 0 Å². The lowest BCUT2D eigenvalue weighted by atomic mass is 10.1. The molecular formula is C10H9N3O4. The Morgan fingerprint density at radius 3 is 2.82 bits per heavy atom. The van der Waals surface area contributed by atoms with Crippen LogP contribution in [0.3, 0.4) is 0 Å². The standard InChI is InChI=1S/C10H9N3O4/c1-12-5-11-7-4-3-6(10(14)17-2)8(9(7)12)13(15)16/h3-5H,1-2H3. The molecule has 7 nitrogen and oxygen atoms in total. The van der Waals surface area contributed by atoms with Gasteiger partial charge in [0, 0.05) is 7.05 Å². The lowest BCUT2D eigenvalue weighted by molar-refractivity contribution is -0.383. The zero-order valence-electron chi connectivity index (χ0n) is 9.21. The molecule has 0 aliphatic carbocycles. The smallest absolute Gasteiger partial charge is 0.344 e. The average molecular weight is 235 g/mol. The fourth-order valence-corrected chi connectivity index (χ4v) is 1.69. The van der Waals surface area contributed by atoms with E-state index in [1.165, 1.54) is 24.1 Å². The van der Waals surface area contributed by atoms with Crippen molar-refractivity contribution in [2.75, 3.05) is 7.11 Å². The maximum Gasteiger partial charge on any atom is 0.344 e. The number of ether oxygens (including phenoxy) is 1. The summed E-state index contributed by atoms with van der Waals surface area (Å²) in [5.74, 6) is -0.736. The van der Waals surface area contributed by atoms with Crippen LogP contribution in [0.2, 0.25) is 0 Å². The molecule has 0 atom stereocenters. The summed E-state index contributed by atoms with van der Waals surface area (Å²) in [5.41, 5.74) is 0.410. The van der Waals surface area contributed by atoms with Crippen molar-refractivity contribution in [2.45, 2.75) is 0 Å². The summed E-state index contributed by atoms with van der Waals surface area (Å²) in [7, 11) is 2.81. The SMILES string of the molecule is COC(=O)c1ccc2ncn(C)c2c1[N+](=O)[O-]. The number of imidazole rings is 1. The third-order valence-electron chi connectivity index (χ3n) is 2.44. The van der Waals surface area contributed by atoms with Gasteiger partial charge in [0.25, 0.3) is 0 Å². The van der Waals surface area contributed by atoms with Crippen molar-refractivity contribution in [3.63, 3.8) is 0 Å². The van der Waals surface area contributed by atoms with Gasteiger partial charge in [0.05, 0.1) is 23.9 Å². The van der Waals surface area contributed by atoms with Crippen LogP contribution >= 0.6 is 0 Å². The largest absolute Gasteiger partial charge is 0.465 e. The van der Waals surface area contributed by atoms with Crippen LogP contribution in [0.15, 0.2) is 18.5 Å². The first kappa shape index (κ1) is 11.1. The topological polar surface area (TPSA) is 87.3 Å². The van der Waals surface area contributed by atoms with Crippen molar-refractivity contribution in [3.05, 3.63) is 34.1 Å². The molecule has 1 aromatic carbocycles. The number of carbonyl (C=O) groups is 1. The zero-order valence-corrected chi connectivity index (χ0v) is 9.21. The van der Waals surface area contributed by atoms with E-state index in [1.54, 1.807) is 13.1 Å². The Hall–Kier alpha value is -2.44. The van der Waals surface area contributed by atoms with Gasteiger partial charge >= 0.3 is 11.7 Å². The predicted molar refractivity (Wildman–Crippen MR) is 58.7 cm³/mol. The van der Waals surface area contributed by atoms with E-state index in [9.17, 15) is 14.9 Å². The number of nitrogens with zero attached hydrogens (tertiary/aromatic N) is 3. The molecule has 88 valence electrons. The normalized spacial score (nSPS) is 10.5. The summed E-state index contributed by atoms with van der Waals surface area (Å²) >= 11 is 0. The van der Waals surface area contributed by atoms with E-state index in [1.807, 2.05) is 0 Å². The summed E-state index contributed by atoms with van der Waals surface area (Å²) in [5, 5.41) is 11.1. The first-order chi connectivity index (χ1) is 8.06. The van der Waals surface area contributed by atoms with Crippen LogP contribution in [0, 0.1) is 10.1 Å². The quantitative estimate of drug-likeness (QED) is 0.444. The molecule has 0 aliphatic rings. The number of nitro benzene ring substituents is 1. The minimum absolute atomic E-state index is 0.0754. The highest BCUT2D eigenvalue weighted by atomic mass is 16.6. The van der Waals surface area contributed by atoms with Crippen molar-refractivity contribution < 1.29 is 14.5 Å². The fourth-order valence-electron chi connectivity index (χ4n) is 1.69. The first-order valence-electron chi connectivity index (χ1n) is 4.73. The first-order valence-corrected chi connectivity index (χ1v) is 4.73. The number of carbonyl (C=O) groups excluding carboxylic acids is 1. The number of hydrogen-bond acceptors (Lipinski definition) is 5. The second-order valence-corrected chi connectivity index (χ2v) is 3.43. The van der Waals surface area contributed by atoms with E-state index in [4.69, 9.17) is 0 Å². The number of benzene rings is 1. The minimum atomic E-state index is -0.736. The van der Waals surface area contributed by atoms with E-state index in [2.05, 4.69) is 9.72 Å². The van der Waals surface area contributed by atoms with E-state index in [-0.39, 0.29) is 11.3 Å². The number of hydrogen-bond donors (Lipinski definition) is 0. The van der Waals surface area contributed by atoms with Gasteiger partial charge in [-0.3, -0.25) is 10.1 Å². The number of rotatable bonds is 2. The number of methoxy groups -OCH3 is 1. The monoisotopic (exact) mass is 235 g/mol. The van der Waals surface area contributed by atoms with Crippen LogP contribution in [0.1, 0.15) is 10.4 Å². The Bertz CT molecular complexity index is 617. The minimum Gasteiger partial charge on any atom is -0.465 e. The Labute approximate surface area is 95.8 Å². The summed E-state index contributed by atoms with van der Waals surface area (Å²) in [4.78, 5) is 25.9. The molecule has 1 heterocycles.